The number of halogens is 1. The molecule has 2 N–H and O–H groups in total. The van der Waals surface area contributed by atoms with Gasteiger partial charge in [0.1, 0.15) is 12.3 Å². The van der Waals surface area contributed by atoms with Crippen molar-refractivity contribution in [1.29, 1.82) is 0 Å². The monoisotopic (exact) mass is 491 g/mol. The summed E-state index contributed by atoms with van der Waals surface area (Å²) in [6.45, 7) is 7.51. The number of aliphatic imine (C=N–C) groups is 1. The lowest BCUT2D eigenvalue weighted by atomic mass is 10.0. The molecule has 154 valence electrons. The molecular weight excluding hydrogens is 457 g/mol. The molecule has 0 spiro atoms. The van der Waals surface area contributed by atoms with Gasteiger partial charge in [-0.1, -0.05) is 0 Å². The van der Waals surface area contributed by atoms with E-state index in [0.29, 0.717) is 24.6 Å². The van der Waals surface area contributed by atoms with E-state index in [1.807, 2.05) is 12.1 Å². The molecule has 7 nitrogen and oxygen atoms in total. The number of nitrogens with zero attached hydrogens (tertiary/aromatic N) is 3. The molecule has 0 atom stereocenters. The molecule has 1 aliphatic rings. The van der Waals surface area contributed by atoms with Crippen LogP contribution in [0.4, 0.5) is 0 Å². The van der Waals surface area contributed by atoms with E-state index in [4.69, 9.17) is 4.42 Å². The van der Waals surface area contributed by atoms with Gasteiger partial charge in [-0.05, 0) is 38.8 Å². The average molecular weight is 491 g/mol. The van der Waals surface area contributed by atoms with Gasteiger partial charge in [0.05, 0.1) is 6.26 Å². The van der Waals surface area contributed by atoms with E-state index in [-0.39, 0.29) is 36.4 Å². The second-order valence-corrected chi connectivity index (χ2v) is 7.26. The number of hydrogen-bond donors (Lipinski definition) is 2. The van der Waals surface area contributed by atoms with Crippen LogP contribution in [0.5, 0.6) is 0 Å². The number of hydrogen-bond acceptors (Lipinski definition) is 4. The van der Waals surface area contributed by atoms with Crippen LogP contribution in [0, 0.1) is 0 Å². The number of carbonyl (C=O) groups excluding carboxylic acids is 1. The van der Waals surface area contributed by atoms with Crippen molar-refractivity contribution >= 4 is 35.8 Å². The second-order valence-electron chi connectivity index (χ2n) is 7.26. The number of piperidine rings is 1. The smallest absolute Gasteiger partial charge is 0.243 e. The van der Waals surface area contributed by atoms with Crippen LogP contribution in [0.25, 0.3) is 0 Å². The first-order valence-corrected chi connectivity index (χ1v) is 9.47. The molecule has 2 heterocycles. The number of likely N-dealkylation sites (tertiary alicyclic amines) is 1. The number of guanidine groups is 1. The number of likely N-dealkylation sites (N-methyl/N-ethyl adjacent to an activating group) is 1. The molecule has 1 aromatic heterocycles. The molecule has 0 saturated carbocycles. The molecule has 2 rings (SSSR count). The number of carbonyl (C=O) groups is 1. The number of amides is 1. The molecule has 0 aliphatic carbocycles. The Labute approximate surface area is 180 Å². The lowest BCUT2D eigenvalue weighted by molar-refractivity contribution is -0.127. The molecule has 1 fully saturated rings. The Morgan fingerprint density at radius 1 is 1.37 bits per heavy atom. The summed E-state index contributed by atoms with van der Waals surface area (Å²) in [4.78, 5) is 20.4. The van der Waals surface area contributed by atoms with Gasteiger partial charge >= 0.3 is 0 Å². The van der Waals surface area contributed by atoms with Gasteiger partial charge in [0.25, 0.3) is 0 Å². The summed E-state index contributed by atoms with van der Waals surface area (Å²) in [6, 6.07) is 4.83. The Morgan fingerprint density at radius 2 is 2.07 bits per heavy atom. The quantitative estimate of drug-likeness (QED) is 0.347. The van der Waals surface area contributed by atoms with Gasteiger partial charge in [0.2, 0.25) is 5.91 Å². The summed E-state index contributed by atoms with van der Waals surface area (Å²) in [5, 5.41) is 6.83. The van der Waals surface area contributed by atoms with E-state index in [2.05, 4.69) is 34.4 Å². The molecule has 0 bridgehead atoms. The summed E-state index contributed by atoms with van der Waals surface area (Å²) in [5.74, 6) is 1.63. The topological polar surface area (TPSA) is 73.1 Å². The van der Waals surface area contributed by atoms with Crippen molar-refractivity contribution in [1.82, 2.24) is 20.4 Å². The fourth-order valence-electron chi connectivity index (χ4n) is 2.95. The van der Waals surface area contributed by atoms with E-state index in [9.17, 15) is 4.79 Å². The minimum Gasteiger partial charge on any atom is -0.469 e. The fraction of sp³-hybridized carbons (Fsp3) is 0.684. The summed E-state index contributed by atoms with van der Waals surface area (Å²) in [5.41, 5.74) is 0. The van der Waals surface area contributed by atoms with Gasteiger partial charge in [0, 0.05) is 52.2 Å². The zero-order chi connectivity index (χ0) is 18.9. The maximum atomic E-state index is 11.9. The van der Waals surface area contributed by atoms with Gasteiger partial charge in [0.15, 0.2) is 5.96 Å². The van der Waals surface area contributed by atoms with Crippen LogP contribution >= 0.6 is 24.0 Å². The molecular formula is C19H34IN5O2. The molecule has 8 heteroatoms. The van der Waals surface area contributed by atoms with Crippen LogP contribution < -0.4 is 10.6 Å². The summed E-state index contributed by atoms with van der Waals surface area (Å²) < 4.78 is 5.36. The van der Waals surface area contributed by atoms with Crippen LogP contribution in [0.1, 0.15) is 32.4 Å². The Hall–Kier alpha value is -1.29. The predicted molar refractivity (Wildman–Crippen MR) is 120 cm³/mol. The Balaban J connectivity index is 0.00000364. The maximum absolute atomic E-state index is 11.9. The Kier molecular flexibility index (Phi) is 10.8. The van der Waals surface area contributed by atoms with Crippen molar-refractivity contribution in [3.63, 3.8) is 0 Å². The summed E-state index contributed by atoms with van der Waals surface area (Å²) in [7, 11) is 3.49. The molecule has 0 radical (unpaired) electrons. The van der Waals surface area contributed by atoms with E-state index in [1.54, 1.807) is 25.3 Å². The first kappa shape index (κ1) is 23.7. The highest BCUT2D eigenvalue weighted by Gasteiger charge is 2.21. The fourth-order valence-corrected chi connectivity index (χ4v) is 2.95. The standard InChI is InChI=1S/C19H33N5O2.HI/c1-15(2)24-11-8-16(9-12-24)22-19(21-14-18(25)23(3)4)20-10-7-17-6-5-13-26-17;/h5-6,13,15-16H,7-12,14H2,1-4H3,(H2,20,21,22);1H. The highest BCUT2D eigenvalue weighted by molar-refractivity contribution is 14.0. The van der Waals surface area contributed by atoms with E-state index in [1.165, 1.54) is 0 Å². The average Bonchev–Trinajstić information content (AvgIpc) is 3.13. The molecule has 1 aliphatic heterocycles. The number of nitrogens with one attached hydrogen (secondary N) is 2. The lowest BCUT2D eigenvalue weighted by Gasteiger charge is -2.35. The van der Waals surface area contributed by atoms with Gasteiger partial charge < -0.3 is 24.9 Å². The summed E-state index contributed by atoms with van der Waals surface area (Å²) >= 11 is 0. The highest BCUT2D eigenvalue weighted by atomic mass is 127. The highest BCUT2D eigenvalue weighted by Crippen LogP contribution is 2.12. The normalized spacial score (nSPS) is 16.1. The van der Waals surface area contributed by atoms with Crippen LogP contribution in [-0.4, -0.2) is 74.0 Å². The van der Waals surface area contributed by atoms with Crippen LogP contribution in [0.2, 0.25) is 0 Å². The summed E-state index contributed by atoms with van der Waals surface area (Å²) in [6.07, 6.45) is 4.62. The molecule has 1 saturated heterocycles. The third kappa shape index (κ3) is 8.50. The van der Waals surface area contributed by atoms with Crippen LogP contribution in [0.15, 0.2) is 27.8 Å². The van der Waals surface area contributed by atoms with Crippen LogP contribution in [0.3, 0.4) is 0 Å². The molecule has 0 unspecified atom stereocenters. The second kappa shape index (κ2) is 12.2. The van der Waals surface area contributed by atoms with Crippen molar-refractivity contribution in [3.05, 3.63) is 24.2 Å². The van der Waals surface area contributed by atoms with Crippen molar-refractivity contribution in [2.75, 3.05) is 40.3 Å². The SMILES string of the molecule is CC(C)N1CCC(NC(=NCC(=O)N(C)C)NCCc2ccco2)CC1.I. The Bertz CT molecular complexity index is 567. The van der Waals surface area contributed by atoms with Crippen molar-refractivity contribution in [3.8, 4) is 0 Å². The van der Waals surface area contributed by atoms with E-state index >= 15 is 0 Å². The largest absolute Gasteiger partial charge is 0.469 e. The third-order valence-electron chi connectivity index (χ3n) is 4.72. The molecule has 1 amide bonds. The first-order chi connectivity index (χ1) is 12.5. The van der Waals surface area contributed by atoms with Gasteiger partial charge in [-0.15, -0.1) is 24.0 Å². The van der Waals surface area contributed by atoms with Crippen molar-refractivity contribution < 1.29 is 9.21 Å². The zero-order valence-corrected chi connectivity index (χ0v) is 19.2. The van der Waals surface area contributed by atoms with Crippen molar-refractivity contribution in [2.24, 2.45) is 4.99 Å². The predicted octanol–water partition coefficient (Wildman–Crippen LogP) is 1.94. The van der Waals surface area contributed by atoms with Gasteiger partial charge in [-0.3, -0.25) is 4.79 Å². The van der Waals surface area contributed by atoms with E-state index < -0.39 is 0 Å². The first-order valence-electron chi connectivity index (χ1n) is 9.47. The minimum absolute atomic E-state index is 0. The van der Waals surface area contributed by atoms with Crippen LogP contribution in [-0.2, 0) is 11.2 Å². The maximum Gasteiger partial charge on any atom is 0.243 e. The van der Waals surface area contributed by atoms with Crippen molar-refractivity contribution in [2.45, 2.75) is 45.2 Å². The van der Waals surface area contributed by atoms with E-state index in [0.717, 1.165) is 38.1 Å². The molecule has 27 heavy (non-hydrogen) atoms. The molecule has 1 aromatic rings. The number of rotatable bonds is 7. The zero-order valence-electron chi connectivity index (χ0n) is 16.9. The van der Waals surface area contributed by atoms with Gasteiger partial charge in [-0.2, -0.15) is 0 Å². The number of furan rings is 1. The molecule has 0 aromatic carbocycles. The lowest BCUT2D eigenvalue weighted by Crippen LogP contribution is -2.50. The van der Waals surface area contributed by atoms with Gasteiger partial charge in [-0.25, -0.2) is 4.99 Å². The minimum atomic E-state index is -0.00763. The third-order valence-corrected chi connectivity index (χ3v) is 4.72. The Morgan fingerprint density at radius 3 is 2.63 bits per heavy atom.